The van der Waals surface area contributed by atoms with Crippen molar-refractivity contribution in [1.29, 1.82) is 0 Å². The molecular formula is C23H18F3N7O. The van der Waals surface area contributed by atoms with Crippen molar-refractivity contribution in [3.8, 4) is 0 Å². The van der Waals surface area contributed by atoms with Crippen molar-refractivity contribution in [1.82, 2.24) is 19.9 Å². The standard InChI is InChI=1S/C23H18F3N7O/c1-14-29-20(12-21(30-14)33-19-4-2-3-11-27-19)31-16-6-8-17(9-7-16)32-22(34)15-5-10-18(28-13-15)23(24,25)26/h2-13H,1H3,(H,32,34)(H2,27,29,30,31,33). The lowest BCUT2D eigenvalue weighted by atomic mass is 10.2. The highest BCUT2D eigenvalue weighted by Crippen LogP contribution is 2.27. The number of hydrogen-bond donors (Lipinski definition) is 3. The molecule has 1 amide bonds. The predicted molar refractivity (Wildman–Crippen MR) is 121 cm³/mol. The van der Waals surface area contributed by atoms with E-state index in [1.807, 2.05) is 18.2 Å². The second-order valence-corrected chi connectivity index (χ2v) is 7.11. The van der Waals surface area contributed by atoms with E-state index in [4.69, 9.17) is 0 Å². The maximum atomic E-state index is 12.6. The van der Waals surface area contributed by atoms with Gasteiger partial charge >= 0.3 is 6.18 Å². The van der Waals surface area contributed by atoms with Crippen molar-refractivity contribution in [3.63, 3.8) is 0 Å². The molecule has 3 heterocycles. The Morgan fingerprint density at radius 2 is 1.53 bits per heavy atom. The zero-order valence-corrected chi connectivity index (χ0v) is 17.8. The van der Waals surface area contributed by atoms with E-state index in [-0.39, 0.29) is 5.56 Å². The molecular weight excluding hydrogens is 447 g/mol. The summed E-state index contributed by atoms with van der Waals surface area (Å²) in [6.07, 6.45) is -2.00. The topological polar surface area (TPSA) is 105 Å². The Morgan fingerprint density at radius 1 is 0.824 bits per heavy atom. The molecule has 0 radical (unpaired) electrons. The van der Waals surface area contributed by atoms with Crippen molar-refractivity contribution in [2.45, 2.75) is 13.1 Å². The lowest BCUT2D eigenvalue weighted by Gasteiger charge is -2.11. The van der Waals surface area contributed by atoms with Gasteiger partial charge in [-0.2, -0.15) is 13.2 Å². The summed E-state index contributed by atoms with van der Waals surface area (Å²) < 4.78 is 37.9. The number of nitrogens with one attached hydrogen (secondary N) is 3. The van der Waals surface area contributed by atoms with Gasteiger partial charge in [0.2, 0.25) is 0 Å². The van der Waals surface area contributed by atoms with Crippen molar-refractivity contribution in [2.24, 2.45) is 0 Å². The largest absolute Gasteiger partial charge is 0.433 e. The number of halogens is 3. The van der Waals surface area contributed by atoms with Crippen LogP contribution in [0.2, 0.25) is 0 Å². The number of amides is 1. The maximum Gasteiger partial charge on any atom is 0.433 e. The molecule has 0 saturated carbocycles. The van der Waals surface area contributed by atoms with Gasteiger partial charge in [-0.25, -0.2) is 15.0 Å². The number of nitrogens with zero attached hydrogens (tertiary/aromatic N) is 4. The average Bonchev–Trinajstić information content (AvgIpc) is 2.80. The van der Waals surface area contributed by atoms with Gasteiger partial charge in [0, 0.05) is 29.8 Å². The van der Waals surface area contributed by atoms with Crippen molar-refractivity contribution >= 4 is 34.7 Å². The highest BCUT2D eigenvalue weighted by Gasteiger charge is 2.32. The SMILES string of the molecule is Cc1nc(Nc2ccc(NC(=O)c3ccc(C(F)(F)F)nc3)cc2)cc(Nc2ccccn2)n1. The zero-order valence-electron chi connectivity index (χ0n) is 17.8. The summed E-state index contributed by atoms with van der Waals surface area (Å²) in [5.74, 6) is 1.76. The van der Waals surface area contributed by atoms with Gasteiger partial charge in [0.15, 0.2) is 0 Å². The number of aromatic nitrogens is 4. The van der Waals surface area contributed by atoms with E-state index in [1.54, 1.807) is 43.5 Å². The van der Waals surface area contributed by atoms with Crippen LogP contribution in [-0.2, 0) is 6.18 Å². The van der Waals surface area contributed by atoms with E-state index in [2.05, 4.69) is 35.9 Å². The van der Waals surface area contributed by atoms with Gasteiger partial charge in [0.25, 0.3) is 5.91 Å². The summed E-state index contributed by atoms with van der Waals surface area (Å²) in [6, 6.07) is 15.8. The number of rotatable bonds is 6. The van der Waals surface area contributed by atoms with Crippen LogP contribution in [0.3, 0.4) is 0 Å². The van der Waals surface area contributed by atoms with Crippen molar-refractivity contribution < 1.29 is 18.0 Å². The van der Waals surface area contributed by atoms with Gasteiger partial charge in [-0.15, -0.1) is 0 Å². The van der Waals surface area contributed by atoms with E-state index in [1.165, 1.54) is 0 Å². The number of alkyl halides is 3. The van der Waals surface area contributed by atoms with E-state index in [9.17, 15) is 18.0 Å². The number of carbonyl (C=O) groups excluding carboxylic acids is 1. The number of pyridine rings is 2. The second kappa shape index (κ2) is 9.53. The highest BCUT2D eigenvalue weighted by molar-refractivity contribution is 6.04. The lowest BCUT2D eigenvalue weighted by Crippen LogP contribution is -2.14. The second-order valence-electron chi connectivity index (χ2n) is 7.11. The number of anilines is 5. The smallest absolute Gasteiger partial charge is 0.340 e. The van der Waals surface area contributed by atoms with Crippen molar-refractivity contribution in [2.75, 3.05) is 16.0 Å². The van der Waals surface area contributed by atoms with Crippen molar-refractivity contribution in [3.05, 3.63) is 90.1 Å². The molecule has 4 aromatic rings. The van der Waals surface area contributed by atoms with Crippen LogP contribution >= 0.6 is 0 Å². The first-order chi connectivity index (χ1) is 16.3. The normalized spacial score (nSPS) is 11.1. The van der Waals surface area contributed by atoms with Crippen LogP contribution in [0, 0.1) is 6.92 Å². The Bertz CT molecular complexity index is 1280. The molecule has 0 fully saturated rings. The molecule has 172 valence electrons. The summed E-state index contributed by atoms with van der Waals surface area (Å²) in [6.45, 7) is 1.77. The molecule has 0 saturated heterocycles. The minimum Gasteiger partial charge on any atom is -0.340 e. The molecule has 1 aromatic carbocycles. The number of aryl methyl sites for hydroxylation is 1. The van der Waals surface area contributed by atoms with Crippen LogP contribution in [0.25, 0.3) is 0 Å². The van der Waals surface area contributed by atoms with Crippen LogP contribution < -0.4 is 16.0 Å². The van der Waals surface area contributed by atoms with Crippen LogP contribution in [0.5, 0.6) is 0 Å². The lowest BCUT2D eigenvalue weighted by molar-refractivity contribution is -0.141. The summed E-state index contributed by atoms with van der Waals surface area (Å²) in [5, 5.41) is 8.90. The summed E-state index contributed by atoms with van der Waals surface area (Å²) >= 11 is 0. The van der Waals surface area contributed by atoms with E-state index < -0.39 is 17.8 Å². The molecule has 11 heteroatoms. The minimum absolute atomic E-state index is 0.0135. The minimum atomic E-state index is -4.56. The molecule has 0 bridgehead atoms. The van der Waals surface area contributed by atoms with Crippen LogP contribution in [-0.4, -0.2) is 25.8 Å². The van der Waals surface area contributed by atoms with Gasteiger partial charge in [0.1, 0.15) is 29.0 Å². The van der Waals surface area contributed by atoms with Gasteiger partial charge in [0.05, 0.1) is 5.56 Å². The fraction of sp³-hybridized carbons (Fsp3) is 0.0870. The molecule has 0 aliphatic rings. The van der Waals surface area contributed by atoms with E-state index >= 15 is 0 Å². The first-order valence-corrected chi connectivity index (χ1v) is 10.0. The fourth-order valence-electron chi connectivity index (χ4n) is 2.95. The predicted octanol–water partition coefficient (Wildman–Crippen LogP) is 5.33. The first kappa shape index (κ1) is 22.6. The molecule has 0 spiro atoms. The van der Waals surface area contributed by atoms with Gasteiger partial charge in [-0.3, -0.25) is 9.78 Å². The highest BCUT2D eigenvalue weighted by atomic mass is 19.4. The molecule has 34 heavy (non-hydrogen) atoms. The van der Waals surface area contributed by atoms with Crippen LogP contribution in [0.15, 0.2) is 73.1 Å². The average molecular weight is 465 g/mol. The summed E-state index contributed by atoms with van der Waals surface area (Å²) in [5.41, 5.74) is 0.125. The van der Waals surface area contributed by atoms with E-state index in [0.717, 1.165) is 18.3 Å². The summed E-state index contributed by atoms with van der Waals surface area (Å²) in [7, 11) is 0. The maximum absolute atomic E-state index is 12.6. The first-order valence-electron chi connectivity index (χ1n) is 10.0. The molecule has 3 aromatic heterocycles. The Hall–Kier alpha value is -4.54. The quantitative estimate of drug-likeness (QED) is 0.353. The monoisotopic (exact) mass is 465 g/mol. The number of carbonyl (C=O) groups is 1. The molecule has 0 atom stereocenters. The molecule has 0 unspecified atom stereocenters. The Balaban J connectivity index is 1.40. The zero-order chi connectivity index (χ0) is 24.1. The van der Waals surface area contributed by atoms with Crippen LogP contribution in [0.1, 0.15) is 21.9 Å². The Kier molecular flexibility index (Phi) is 6.35. The van der Waals surface area contributed by atoms with Crippen LogP contribution in [0.4, 0.5) is 42.0 Å². The Morgan fingerprint density at radius 3 is 2.15 bits per heavy atom. The van der Waals surface area contributed by atoms with Gasteiger partial charge < -0.3 is 16.0 Å². The third-order valence-electron chi connectivity index (χ3n) is 4.49. The molecule has 0 aliphatic heterocycles. The molecule has 4 rings (SSSR count). The van der Waals surface area contributed by atoms with Gasteiger partial charge in [-0.05, 0) is 55.5 Å². The number of benzene rings is 1. The van der Waals surface area contributed by atoms with E-state index in [0.29, 0.717) is 34.7 Å². The third kappa shape index (κ3) is 5.82. The molecule has 3 N–H and O–H groups in total. The molecule has 0 aliphatic carbocycles. The summed E-state index contributed by atoms with van der Waals surface area (Å²) in [4.78, 5) is 28.5. The fourth-order valence-corrected chi connectivity index (χ4v) is 2.95. The molecule has 8 nitrogen and oxygen atoms in total. The van der Waals surface area contributed by atoms with Gasteiger partial charge in [-0.1, -0.05) is 6.07 Å². The number of hydrogen-bond acceptors (Lipinski definition) is 7. The third-order valence-corrected chi connectivity index (χ3v) is 4.49. The Labute approximate surface area is 192 Å².